The van der Waals surface area contributed by atoms with Gasteiger partial charge in [-0.3, -0.25) is 0 Å². The summed E-state index contributed by atoms with van der Waals surface area (Å²) in [7, 11) is 0. The van der Waals surface area contributed by atoms with Crippen LogP contribution in [0.3, 0.4) is 0 Å². The Morgan fingerprint density at radius 3 is 3.00 bits per heavy atom. The maximum absolute atomic E-state index is 10.3. The van der Waals surface area contributed by atoms with Gasteiger partial charge in [0.15, 0.2) is 0 Å². The number of para-hydroxylation sites is 1. The number of aliphatic hydroxyl groups is 1. The van der Waals surface area contributed by atoms with Gasteiger partial charge in [-0.2, -0.15) is 0 Å². The van der Waals surface area contributed by atoms with Crippen molar-refractivity contribution in [3.8, 4) is 0 Å². The normalized spacial score (nSPS) is 12.9. The molecule has 0 saturated carbocycles. The molecule has 2 heterocycles. The maximum Gasteiger partial charge on any atom is 0.134 e. The molecule has 0 amide bonds. The third kappa shape index (κ3) is 2.47. The number of aryl methyl sites for hydroxylation is 1. The molecule has 3 rings (SSSR count). The fourth-order valence-electron chi connectivity index (χ4n) is 2.41. The van der Waals surface area contributed by atoms with Gasteiger partial charge in [0.05, 0.1) is 0 Å². The largest absolute Gasteiger partial charge is 0.458 e. The van der Waals surface area contributed by atoms with Gasteiger partial charge < -0.3 is 14.1 Å². The molecule has 3 aromatic rings. The SMILES string of the molecule is CCCn1ccnc1CC(O)c1cc2ccccc2o1. The van der Waals surface area contributed by atoms with Gasteiger partial charge in [0.2, 0.25) is 0 Å². The van der Waals surface area contributed by atoms with Crippen LogP contribution in [0.4, 0.5) is 0 Å². The van der Waals surface area contributed by atoms with Crippen molar-refractivity contribution in [2.24, 2.45) is 0 Å². The van der Waals surface area contributed by atoms with Crippen LogP contribution in [0.5, 0.6) is 0 Å². The van der Waals surface area contributed by atoms with Crippen LogP contribution in [0, 0.1) is 0 Å². The van der Waals surface area contributed by atoms with Crippen molar-refractivity contribution in [1.82, 2.24) is 9.55 Å². The lowest BCUT2D eigenvalue weighted by atomic mass is 10.1. The fraction of sp³-hybridized carbons (Fsp3) is 0.312. The first-order valence-corrected chi connectivity index (χ1v) is 6.94. The van der Waals surface area contributed by atoms with Crippen LogP contribution >= 0.6 is 0 Å². The molecule has 4 nitrogen and oxygen atoms in total. The predicted molar refractivity (Wildman–Crippen MR) is 77.4 cm³/mol. The first kappa shape index (κ1) is 12.9. The van der Waals surface area contributed by atoms with Crippen molar-refractivity contribution in [1.29, 1.82) is 0 Å². The first-order valence-electron chi connectivity index (χ1n) is 6.94. The Hall–Kier alpha value is -2.07. The molecule has 0 fully saturated rings. The molecule has 2 aromatic heterocycles. The molecule has 0 spiro atoms. The van der Waals surface area contributed by atoms with E-state index in [1.54, 1.807) is 6.20 Å². The smallest absolute Gasteiger partial charge is 0.134 e. The van der Waals surface area contributed by atoms with Gasteiger partial charge in [0.25, 0.3) is 0 Å². The van der Waals surface area contributed by atoms with Gasteiger partial charge >= 0.3 is 0 Å². The highest BCUT2D eigenvalue weighted by molar-refractivity contribution is 5.77. The molecule has 1 aromatic carbocycles. The standard InChI is InChI=1S/C16H18N2O2/c1-2-8-18-9-7-17-16(18)11-13(19)15-10-12-5-3-4-6-14(12)20-15/h3-7,9-10,13,19H,2,8,11H2,1H3. The van der Waals surface area contributed by atoms with Crippen LogP contribution in [0.15, 0.2) is 47.1 Å². The number of hydrogen-bond donors (Lipinski definition) is 1. The summed E-state index contributed by atoms with van der Waals surface area (Å²) in [6.45, 7) is 3.04. The second-order valence-electron chi connectivity index (χ2n) is 4.94. The van der Waals surface area contributed by atoms with Gasteiger partial charge in [-0.1, -0.05) is 25.1 Å². The molecule has 1 unspecified atom stereocenters. The van der Waals surface area contributed by atoms with Crippen molar-refractivity contribution in [2.75, 3.05) is 0 Å². The Kier molecular flexibility index (Phi) is 3.56. The fourth-order valence-corrected chi connectivity index (χ4v) is 2.41. The number of benzene rings is 1. The zero-order chi connectivity index (χ0) is 13.9. The number of imidazole rings is 1. The van der Waals surface area contributed by atoms with Crippen LogP contribution in [0.25, 0.3) is 11.0 Å². The van der Waals surface area contributed by atoms with Crippen LogP contribution in [-0.2, 0) is 13.0 Å². The van der Waals surface area contributed by atoms with Crippen molar-refractivity contribution in [3.05, 3.63) is 54.3 Å². The Morgan fingerprint density at radius 2 is 2.20 bits per heavy atom. The molecule has 0 aliphatic heterocycles. The van der Waals surface area contributed by atoms with E-state index in [2.05, 4.69) is 16.5 Å². The lowest BCUT2D eigenvalue weighted by molar-refractivity contribution is 0.149. The average Bonchev–Trinajstić information content (AvgIpc) is 3.06. The number of fused-ring (bicyclic) bond motifs is 1. The maximum atomic E-state index is 10.3. The number of nitrogens with zero attached hydrogens (tertiary/aromatic N) is 2. The van der Waals surface area contributed by atoms with E-state index in [1.165, 1.54) is 0 Å². The molecule has 4 heteroatoms. The predicted octanol–water partition coefficient (Wildman–Crippen LogP) is 3.32. The number of rotatable bonds is 5. The number of furan rings is 1. The summed E-state index contributed by atoms with van der Waals surface area (Å²) in [4.78, 5) is 4.32. The topological polar surface area (TPSA) is 51.2 Å². The van der Waals surface area contributed by atoms with Crippen LogP contribution in [0.2, 0.25) is 0 Å². The van der Waals surface area contributed by atoms with Crippen molar-refractivity contribution < 1.29 is 9.52 Å². The van der Waals surface area contributed by atoms with Gasteiger partial charge in [-0.25, -0.2) is 4.98 Å². The Morgan fingerprint density at radius 1 is 1.35 bits per heavy atom. The van der Waals surface area contributed by atoms with Crippen LogP contribution in [-0.4, -0.2) is 14.7 Å². The van der Waals surface area contributed by atoms with E-state index in [4.69, 9.17) is 4.42 Å². The molecule has 104 valence electrons. The summed E-state index contributed by atoms with van der Waals surface area (Å²) in [5, 5.41) is 11.4. The van der Waals surface area contributed by atoms with Gasteiger partial charge in [0, 0.05) is 30.7 Å². The first-order chi connectivity index (χ1) is 9.78. The monoisotopic (exact) mass is 270 g/mol. The Labute approximate surface area is 117 Å². The molecular formula is C16H18N2O2. The summed E-state index contributed by atoms with van der Waals surface area (Å²) < 4.78 is 7.77. The van der Waals surface area contributed by atoms with E-state index >= 15 is 0 Å². The van der Waals surface area contributed by atoms with Gasteiger partial charge in [-0.05, 0) is 18.6 Å². The molecule has 1 N–H and O–H groups in total. The van der Waals surface area contributed by atoms with Gasteiger partial charge in [-0.15, -0.1) is 0 Å². The third-order valence-electron chi connectivity index (χ3n) is 3.42. The summed E-state index contributed by atoms with van der Waals surface area (Å²) >= 11 is 0. The highest BCUT2D eigenvalue weighted by atomic mass is 16.4. The van der Waals surface area contributed by atoms with Crippen molar-refractivity contribution >= 4 is 11.0 Å². The van der Waals surface area contributed by atoms with E-state index in [0.29, 0.717) is 12.2 Å². The van der Waals surface area contributed by atoms with Crippen molar-refractivity contribution in [3.63, 3.8) is 0 Å². The van der Waals surface area contributed by atoms with E-state index in [9.17, 15) is 5.11 Å². The van der Waals surface area contributed by atoms with E-state index < -0.39 is 6.10 Å². The van der Waals surface area contributed by atoms with Crippen LogP contribution < -0.4 is 0 Å². The van der Waals surface area contributed by atoms with E-state index in [0.717, 1.165) is 29.8 Å². The quantitative estimate of drug-likeness (QED) is 0.773. The van der Waals surface area contributed by atoms with Gasteiger partial charge in [0.1, 0.15) is 23.3 Å². The summed E-state index contributed by atoms with van der Waals surface area (Å²) in [6, 6.07) is 9.67. The molecule has 0 bridgehead atoms. The lowest BCUT2D eigenvalue weighted by Gasteiger charge is -2.09. The average molecular weight is 270 g/mol. The summed E-state index contributed by atoms with van der Waals surface area (Å²) in [5.41, 5.74) is 0.804. The molecule has 0 aliphatic carbocycles. The second-order valence-corrected chi connectivity index (χ2v) is 4.94. The highest BCUT2D eigenvalue weighted by Gasteiger charge is 2.16. The number of aliphatic hydroxyl groups excluding tert-OH is 1. The highest BCUT2D eigenvalue weighted by Crippen LogP contribution is 2.25. The lowest BCUT2D eigenvalue weighted by Crippen LogP contribution is -2.08. The Bertz CT molecular complexity index is 666. The minimum absolute atomic E-state index is 0.465. The minimum Gasteiger partial charge on any atom is -0.458 e. The Balaban J connectivity index is 1.81. The van der Waals surface area contributed by atoms with E-state index in [1.807, 2.05) is 36.5 Å². The molecular weight excluding hydrogens is 252 g/mol. The number of hydrogen-bond acceptors (Lipinski definition) is 3. The zero-order valence-corrected chi connectivity index (χ0v) is 11.5. The third-order valence-corrected chi connectivity index (χ3v) is 3.42. The molecule has 0 radical (unpaired) electrons. The number of aromatic nitrogens is 2. The second kappa shape index (κ2) is 5.51. The van der Waals surface area contributed by atoms with E-state index in [-0.39, 0.29) is 0 Å². The van der Waals surface area contributed by atoms with Crippen LogP contribution in [0.1, 0.15) is 31.0 Å². The molecule has 20 heavy (non-hydrogen) atoms. The molecule has 0 aliphatic rings. The molecule has 0 saturated heterocycles. The zero-order valence-electron chi connectivity index (χ0n) is 11.5. The molecule has 1 atom stereocenters. The summed E-state index contributed by atoms with van der Waals surface area (Å²) in [5.74, 6) is 1.48. The summed E-state index contributed by atoms with van der Waals surface area (Å²) in [6.07, 6.45) is 4.57. The van der Waals surface area contributed by atoms with Crippen molar-refractivity contribution in [2.45, 2.75) is 32.4 Å². The minimum atomic E-state index is -0.666.